The minimum atomic E-state index is -4.54. The van der Waals surface area contributed by atoms with Gasteiger partial charge in [0.05, 0.1) is 28.5 Å². The molecular formula is C20H17F3N6O2. The highest BCUT2D eigenvalue weighted by Crippen LogP contribution is 2.32. The zero-order valence-corrected chi connectivity index (χ0v) is 16.5. The van der Waals surface area contributed by atoms with E-state index in [1.54, 1.807) is 32.2 Å². The molecule has 0 saturated heterocycles. The van der Waals surface area contributed by atoms with E-state index in [1.165, 1.54) is 10.8 Å². The van der Waals surface area contributed by atoms with Crippen LogP contribution in [0.2, 0.25) is 0 Å². The summed E-state index contributed by atoms with van der Waals surface area (Å²) in [5.74, 6) is -0.786. The second kappa shape index (κ2) is 7.49. The Morgan fingerprint density at radius 3 is 2.65 bits per heavy atom. The van der Waals surface area contributed by atoms with E-state index in [1.807, 2.05) is 0 Å². The topological polar surface area (TPSA) is 94.2 Å². The van der Waals surface area contributed by atoms with Crippen molar-refractivity contribution in [2.45, 2.75) is 32.5 Å². The molecule has 0 unspecified atom stereocenters. The van der Waals surface area contributed by atoms with Gasteiger partial charge in [0, 0.05) is 5.39 Å². The smallest absolute Gasteiger partial charge is 0.323 e. The molecule has 1 N–H and O–H groups in total. The van der Waals surface area contributed by atoms with E-state index in [9.17, 15) is 22.8 Å². The van der Waals surface area contributed by atoms with Crippen LogP contribution in [-0.4, -0.2) is 30.3 Å². The lowest BCUT2D eigenvalue weighted by molar-refractivity contribution is -0.137. The number of carbonyl (C=O) groups is 1. The number of amides is 1. The van der Waals surface area contributed by atoms with Crippen molar-refractivity contribution in [1.82, 2.24) is 24.4 Å². The lowest BCUT2D eigenvalue weighted by atomic mass is 10.0. The number of hydrogen-bond donors (Lipinski definition) is 1. The minimum absolute atomic E-state index is 0.0727. The van der Waals surface area contributed by atoms with Crippen LogP contribution in [0.3, 0.4) is 0 Å². The number of pyridine rings is 1. The van der Waals surface area contributed by atoms with Gasteiger partial charge in [-0.25, -0.2) is 14.2 Å². The highest BCUT2D eigenvalue weighted by atomic mass is 19.4. The molecule has 0 radical (unpaired) electrons. The number of benzene rings is 1. The lowest BCUT2D eigenvalue weighted by Gasteiger charge is -2.15. The van der Waals surface area contributed by atoms with Gasteiger partial charge in [-0.05, 0) is 36.2 Å². The Bertz CT molecular complexity index is 1360. The second-order valence-corrected chi connectivity index (χ2v) is 7.29. The monoisotopic (exact) mass is 430 g/mol. The van der Waals surface area contributed by atoms with E-state index >= 15 is 0 Å². The Labute approximate surface area is 173 Å². The molecular weight excluding hydrogens is 413 g/mol. The van der Waals surface area contributed by atoms with Gasteiger partial charge in [-0.1, -0.05) is 13.8 Å². The fourth-order valence-electron chi connectivity index (χ4n) is 3.25. The van der Waals surface area contributed by atoms with Crippen molar-refractivity contribution in [3.8, 4) is 0 Å². The maximum Gasteiger partial charge on any atom is 0.416 e. The number of halogens is 3. The van der Waals surface area contributed by atoms with Gasteiger partial charge in [0.15, 0.2) is 5.65 Å². The fourth-order valence-corrected chi connectivity index (χ4v) is 3.25. The molecule has 0 atom stereocenters. The van der Waals surface area contributed by atoms with Gasteiger partial charge in [-0.15, -0.1) is 0 Å². The Morgan fingerprint density at radius 1 is 1.16 bits per heavy atom. The van der Waals surface area contributed by atoms with E-state index in [0.717, 1.165) is 22.9 Å². The number of fused-ring (bicyclic) bond motifs is 2. The number of carbonyl (C=O) groups excluding carboxylic acids is 1. The third-order valence-corrected chi connectivity index (χ3v) is 4.71. The average molecular weight is 430 g/mol. The molecule has 1 aromatic carbocycles. The Hall–Kier alpha value is -3.76. The predicted molar refractivity (Wildman–Crippen MR) is 107 cm³/mol. The van der Waals surface area contributed by atoms with Crippen LogP contribution in [0.15, 0.2) is 47.7 Å². The molecule has 0 aliphatic rings. The van der Waals surface area contributed by atoms with Crippen LogP contribution in [0.1, 0.15) is 31.0 Å². The van der Waals surface area contributed by atoms with Crippen LogP contribution in [0.5, 0.6) is 0 Å². The summed E-state index contributed by atoms with van der Waals surface area (Å²) in [6, 6.07) is 6.21. The van der Waals surface area contributed by atoms with E-state index < -0.39 is 29.8 Å². The van der Waals surface area contributed by atoms with Crippen molar-refractivity contribution >= 4 is 28.0 Å². The zero-order valence-electron chi connectivity index (χ0n) is 16.5. The highest BCUT2D eigenvalue weighted by Gasteiger charge is 2.31. The van der Waals surface area contributed by atoms with Gasteiger partial charge >= 0.3 is 6.18 Å². The fraction of sp³-hybridized carbons (Fsp3) is 0.250. The second-order valence-electron chi connectivity index (χ2n) is 7.29. The molecule has 4 rings (SSSR count). The molecule has 3 aromatic heterocycles. The Balaban J connectivity index is 1.68. The van der Waals surface area contributed by atoms with E-state index in [4.69, 9.17) is 0 Å². The minimum Gasteiger partial charge on any atom is -0.323 e. The summed E-state index contributed by atoms with van der Waals surface area (Å²) in [5.41, 5.74) is -0.157. The average Bonchev–Trinajstić information content (AvgIpc) is 3.16. The standard InChI is InChI=1S/C20H17F3N6O2/c1-11(2)18-15-7-12(20(21,22)23)3-5-14(15)19(31)29(27-18)9-17(30)26-13-4-6-16-24-10-25-28(16)8-13/h3-8,10-11H,9H2,1-2H3,(H,26,30). The van der Waals surface area contributed by atoms with E-state index in [2.05, 4.69) is 20.5 Å². The van der Waals surface area contributed by atoms with Crippen molar-refractivity contribution in [2.24, 2.45) is 0 Å². The van der Waals surface area contributed by atoms with Crippen molar-refractivity contribution in [1.29, 1.82) is 0 Å². The molecule has 160 valence electrons. The van der Waals surface area contributed by atoms with Crippen molar-refractivity contribution in [2.75, 3.05) is 5.32 Å². The molecule has 0 aliphatic heterocycles. The molecule has 0 saturated carbocycles. The van der Waals surface area contributed by atoms with Gasteiger partial charge in [0.25, 0.3) is 5.56 Å². The number of nitrogens with zero attached hydrogens (tertiary/aromatic N) is 5. The third kappa shape index (κ3) is 3.98. The number of anilines is 1. The first kappa shape index (κ1) is 20.5. The van der Waals surface area contributed by atoms with Gasteiger partial charge < -0.3 is 5.32 Å². The third-order valence-electron chi connectivity index (χ3n) is 4.71. The van der Waals surface area contributed by atoms with E-state index in [-0.39, 0.29) is 16.7 Å². The number of hydrogen-bond acceptors (Lipinski definition) is 5. The molecule has 0 fully saturated rings. The van der Waals surface area contributed by atoms with Gasteiger partial charge in [-0.2, -0.15) is 23.4 Å². The molecule has 0 aliphatic carbocycles. The quantitative estimate of drug-likeness (QED) is 0.537. The summed E-state index contributed by atoms with van der Waals surface area (Å²) in [7, 11) is 0. The maximum atomic E-state index is 13.1. The lowest BCUT2D eigenvalue weighted by Crippen LogP contribution is -2.31. The number of aromatic nitrogens is 5. The van der Waals surface area contributed by atoms with Gasteiger partial charge in [0.2, 0.25) is 5.91 Å². The molecule has 1 amide bonds. The van der Waals surface area contributed by atoms with Crippen molar-refractivity contribution < 1.29 is 18.0 Å². The molecule has 8 nitrogen and oxygen atoms in total. The van der Waals surface area contributed by atoms with Crippen LogP contribution >= 0.6 is 0 Å². The van der Waals surface area contributed by atoms with Crippen LogP contribution in [-0.2, 0) is 17.5 Å². The summed E-state index contributed by atoms with van der Waals surface area (Å²) in [6.07, 6.45) is -1.60. The molecule has 0 spiro atoms. The first-order valence-corrected chi connectivity index (χ1v) is 9.34. The Morgan fingerprint density at radius 2 is 1.94 bits per heavy atom. The van der Waals surface area contributed by atoms with Gasteiger partial charge in [0.1, 0.15) is 12.9 Å². The highest BCUT2D eigenvalue weighted by molar-refractivity contribution is 5.91. The van der Waals surface area contributed by atoms with Crippen LogP contribution in [0, 0.1) is 0 Å². The van der Waals surface area contributed by atoms with Crippen LogP contribution < -0.4 is 10.9 Å². The molecule has 3 heterocycles. The molecule has 0 bridgehead atoms. The van der Waals surface area contributed by atoms with Crippen LogP contribution in [0.25, 0.3) is 16.4 Å². The first-order chi connectivity index (χ1) is 14.6. The normalized spacial score (nSPS) is 12.1. The van der Waals surface area contributed by atoms with Crippen molar-refractivity contribution in [3.05, 3.63) is 64.5 Å². The molecule has 11 heteroatoms. The predicted octanol–water partition coefficient (Wildman–Crippen LogP) is 3.22. The number of alkyl halides is 3. The van der Waals surface area contributed by atoms with Gasteiger partial charge in [-0.3, -0.25) is 9.59 Å². The number of rotatable bonds is 4. The number of nitrogens with one attached hydrogen (secondary N) is 1. The molecule has 4 aromatic rings. The summed E-state index contributed by atoms with van der Waals surface area (Å²) >= 11 is 0. The Kier molecular flexibility index (Phi) is 4.96. The van der Waals surface area contributed by atoms with Crippen molar-refractivity contribution in [3.63, 3.8) is 0 Å². The van der Waals surface area contributed by atoms with E-state index in [0.29, 0.717) is 17.0 Å². The van der Waals surface area contributed by atoms with Crippen LogP contribution in [0.4, 0.5) is 18.9 Å². The summed E-state index contributed by atoms with van der Waals surface area (Å²) in [6.45, 7) is 3.11. The summed E-state index contributed by atoms with van der Waals surface area (Å²) in [5, 5.41) is 11.0. The largest absolute Gasteiger partial charge is 0.416 e. The molecule has 31 heavy (non-hydrogen) atoms. The maximum absolute atomic E-state index is 13.1. The SMILES string of the molecule is CC(C)c1nn(CC(=O)Nc2ccc3ncnn3c2)c(=O)c2ccc(C(F)(F)F)cc12. The first-order valence-electron chi connectivity index (χ1n) is 9.34. The summed E-state index contributed by atoms with van der Waals surface area (Å²) < 4.78 is 41.8. The zero-order chi connectivity index (χ0) is 22.3. The summed E-state index contributed by atoms with van der Waals surface area (Å²) in [4.78, 5) is 29.3.